The van der Waals surface area contributed by atoms with Gasteiger partial charge >= 0.3 is 0 Å². The standard InChI is InChI=1S/C14H31N3O2S2/c1-12(2)15-11-14-6-9-17(10-7-14)21(18,19)16-8-5-13(3)20-4/h12-16H,5-11H2,1-4H3. The van der Waals surface area contributed by atoms with Crippen LogP contribution in [0.25, 0.3) is 0 Å². The topological polar surface area (TPSA) is 61.4 Å². The van der Waals surface area contributed by atoms with E-state index in [1.807, 2.05) is 0 Å². The van der Waals surface area contributed by atoms with E-state index in [2.05, 4.69) is 37.1 Å². The molecule has 0 amide bonds. The Hall–Kier alpha value is 0.180. The van der Waals surface area contributed by atoms with Crippen molar-refractivity contribution in [3.05, 3.63) is 0 Å². The molecule has 0 aromatic carbocycles. The smallest absolute Gasteiger partial charge is 0.279 e. The Bertz CT molecular complexity index is 380. The highest BCUT2D eigenvalue weighted by atomic mass is 32.2. The van der Waals surface area contributed by atoms with E-state index in [4.69, 9.17) is 0 Å². The number of piperidine rings is 1. The maximum Gasteiger partial charge on any atom is 0.279 e. The van der Waals surface area contributed by atoms with Gasteiger partial charge in [0.2, 0.25) is 0 Å². The van der Waals surface area contributed by atoms with E-state index in [0.717, 1.165) is 25.8 Å². The van der Waals surface area contributed by atoms with Crippen LogP contribution >= 0.6 is 11.8 Å². The number of hydrogen-bond acceptors (Lipinski definition) is 4. The van der Waals surface area contributed by atoms with Gasteiger partial charge in [0.15, 0.2) is 0 Å². The number of nitrogens with zero attached hydrogens (tertiary/aromatic N) is 1. The molecule has 0 aromatic rings. The third-order valence-electron chi connectivity index (χ3n) is 3.97. The van der Waals surface area contributed by atoms with E-state index in [1.54, 1.807) is 16.1 Å². The summed E-state index contributed by atoms with van der Waals surface area (Å²) in [7, 11) is -3.29. The second-order valence-corrected chi connectivity index (χ2v) is 9.17. The van der Waals surface area contributed by atoms with E-state index in [1.165, 1.54) is 0 Å². The molecule has 1 aliphatic rings. The largest absolute Gasteiger partial charge is 0.314 e. The van der Waals surface area contributed by atoms with Crippen LogP contribution in [-0.2, 0) is 10.2 Å². The fraction of sp³-hybridized carbons (Fsp3) is 1.00. The summed E-state index contributed by atoms with van der Waals surface area (Å²) in [6.07, 6.45) is 4.81. The summed E-state index contributed by atoms with van der Waals surface area (Å²) in [4.78, 5) is 0. The SMILES string of the molecule is CSC(C)CCNS(=O)(=O)N1CCC(CNC(C)C)CC1. The molecule has 1 unspecified atom stereocenters. The number of thioether (sulfide) groups is 1. The maximum atomic E-state index is 12.2. The Balaban J connectivity index is 2.31. The van der Waals surface area contributed by atoms with Crippen molar-refractivity contribution < 1.29 is 8.42 Å². The minimum atomic E-state index is -3.29. The van der Waals surface area contributed by atoms with Crippen LogP contribution in [0.2, 0.25) is 0 Å². The van der Waals surface area contributed by atoms with Crippen LogP contribution in [-0.4, -0.2) is 56.4 Å². The second kappa shape index (κ2) is 9.35. The molecule has 2 N–H and O–H groups in total. The van der Waals surface area contributed by atoms with E-state index >= 15 is 0 Å². The van der Waals surface area contributed by atoms with E-state index < -0.39 is 10.2 Å². The predicted molar refractivity (Wildman–Crippen MR) is 92.0 cm³/mol. The lowest BCUT2D eigenvalue weighted by Crippen LogP contribution is -2.46. The Kier molecular flexibility index (Phi) is 8.56. The molecular formula is C14H31N3O2S2. The van der Waals surface area contributed by atoms with E-state index in [-0.39, 0.29) is 0 Å². The van der Waals surface area contributed by atoms with Crippen LogP contribution in [0.15, 0.2) is 0 Å². The summed E-state index contributed by atoms with van der Waals surface area (Å²) < 4.78 is 28.8. The van der Waals surface area contributed by atoms with Gasteiger partial charge in [0, 0.05) is 30.9 Å². The molecule has 0 radical (unpaired) electrons. The molecule has 1 atom stereocenters. The van der Waals surface area contributed by atoms with Gasteiger partial charge < -0.3 is 5.32 Å². The number of hydrogen-bond donors (Lipinski definition) is 2. The molecule has 1 aliphatic heterocycles. The van der Waals surface area contributed by atoms with E-state index in [9.17, 15) is 8.42 Å². The summed E-state index contributed by atoms with van der Waals surface area (Å²) in [5.41, 5.74) is 0. The molecule has 0 aliphatic carbocycles. The third-order valence-corrected chi connectivity index (χ3v) is 6.62. The molecule has 1 heterocycles. The zero-order valence-electron chi connectivity index (χ0n) is 13.8. The molecule has 5 nitrogen and oxygen atoms in total. The van der Waals surface area contributed by atoms with Crippen LogP contribution < -0.4 is 10.0 Å². The van der Waals surface area contributed by atoms with Crippen molar-refractivity contribution in [1.82, 2.24) is 14.3 Å². The zero-order valence-corrected chi connectivity index (χ0v) is 15.4. The van der Waals surface area contributed by atoms with Gasteiger partial charge in [0.25, 0.3) is 10.2 Å². The number of rotatable bonds is 9. The molecule has 1 saturated heterocycles. The van der Waals surface area contributed by atoms with Gasteiger partial charge in [-0.1, -0.05) is 20.8 Å². The molecular weight excluding hydrogens is 306 g/mol. The molecule has 0 bridgehead atoms. The van der Waals surface area contributed by atoms with E-state index in [0.29, 0.717) is 36.8 Å². The first-order valence-corrected chi connectivity index (χ1v) is 10.6. The van der Waals surface area contributed by atoms with Gasteiger partial charge in [-0.3, -0.25) is 0 Å². The minimum Gasteiger partial charge on any atom is -0.314 e. The molecule has 0 spiro atoms. The van der Waals surface area contributed by atoms with Gasteiger partial charge in [0.1, 0.15) is 0 Å². The molecule has 7 heteroatoms. The van der Waals surface area contributed by atoms with Crippen molar-refractivity contribution in [1.29, 1.82) is 0 Å². The lowest BCUT2D eigenvalue weighted by atomic mass is 9.98. The Morgan fingerprint density at radius 2 is 1.86 bits per heavy atom. The van der Waals surface area contributed by atoms with Crippen LogP contribution in [0.3, 0.4) is 0 Å². The third kappa shape index (κ3) is 7.32. The summed E-state index contributed by atoms with van der Waals surface area (Å²) in [5, 5.41) is 3.92. The summed E-state index contributed by atoms with van der Waals surface area (Å²) in [6.45, 7) is 9.18. The lowest BCUT2D eigenvalue weighted by molar-refractivity contribution is 0.261. The van der Waals surface area contributed by atoms with Crippen molar-refractivity contribution in [3.8, 4) is 0 Å². The second-order valence-electron chi connectivity index (χ2n) is 6.14. The van der Waals surface area contributed by atoms with Crippen LogP contribution in [0.4, 0.5) is 0 Å². The first-order valence-electron chi connectivity index (χ1n) is 7.86. The first-order chi connectivity index (χ1) is 9.85. The fourth-order valence-corrected chi connectivity index (χ4v) is 3.96. The molecule has 1 rings (SSSR count). The average molecular weight is 338 g/mol. The molecule has 0 saturated carbocycles. The predicted octanol–water partition coefficient (Wildman–Crippen LogP) is 1.67. The Morgan fingerprint density at radius 3 is 2.38 bits per heavy atom. The lowest BCUT2D eigenvalue weighted by Gasteiger charge is -2.31. The van der Waals surface area contributed by atoms with Crippen molar-refractivity contribution in [2.75, 3.05) is 32.4 Å². The van der Waals surface area contributed by atoms with Gasteiger partial charge in [-0.05, 0) is 38.0 Å². The quantitative estimate of drug-likeness (QED) is 0.672. The maximum absolute atomic E-state index is 12.2. The Labute approximate surface area is 134 Å². The first kappa shape index (κ1) is 19.2. The highest BCUT2D eigenvalue weighted by Crippen LogP contribution is 2.18. The van der Waals surface area contributed by atoms with Crippen LogP contribution in [0.1, 0.15) is 40.0 Å². The fourth-order valence-electron chi connectivity index (χ4n) is 2.36. The molecule has 126 valence electrons. The number of nitrogens with one attached hydrogen (secondary N) is 2. The Morgan fingerprint density at radius 1 is 1.24 bits per heavy atom. The van der Waals surface area contributed by atoms with Crippen LogP contribution in [0.5, 0.6) is 0 Å². The van der Waals surface area contributed by atoms with Crippen molar-refractivity contribution in [2.45, 2.75) is 51.3 Å². The highest BCUT2D eigenvalue weighted by molar-refractivity contribution is 7.99. The normalized spacial score (nSPS) is 20.0. The average Bonchev–Trinajstić information content (AvgIpc) is 2.45. The van der Waals surface area contributed by atoms with Gasteiger partial charge in [-0.2, -0.15) is 24.5 Å². The highest BCUT2D eigenvalue weighted by Gasteiger charge is 2.27. The van der Waals surface area contributed by atoms with Crippen molar-refractivity contribution in [3.63, 3.8) is 0 Å². The van der Waals surface area contributed by atoms with Crippen LogP contribution in [0, 0.1) is 5.92 Å². The summed E-state index contributed by atoms with van der Waals surface area (Å²) in [5.74, 6) is 0.593. The molecule has 21 heavy (non-hydrogen) atoms. The van der Waals surface area contributed by atoms with Gasteiger partial charge in [-0.25, -0.2) is 4.72 Å². The zero-order chi connectivity index (χ0) is 15.9. The minimum absolute atomic E-state index is 0.487. The summed E-state index contributed by atoms with van der Waals surface area (Å²) in [6, 6.07) is 0.492. The molecule has 0 aromatic heterocycles. The van der Waals surface area contributed by atoms with Gasteiger partial charge in [0.05, 0.1) is 0 Å². The summed E-state index contributed by atoms with van der Waals surface area (Å²) >= 11 is 1.76. The molecule has 1 fully saturated rings. The monoisotopic (exact) mass is 337 g/mol. The van der Waals surface area contributed by atoms with Crippen molar-refractivity contribution >= 4 is 22.0 Å². The van der Waals surface area contributed by atoms with Gasteiger partial charge in [-0.15, -0.1) is 0 Å². The van der Waals surface area contributed by atoms with Crippen molar-refractivity contribution in [2.24, 2.45) is 5.92 Å².